The van der Waals surface area contributed by atoms with Gasteiger partial charge in [-0.05, 0) is 49.9 Å². The van der Waals surface area contributed by atoms with Gasteiger partial charge >= 0.3 is 0 Å². The quantitative estimate of drug-likeness (QED) is 0.757. The van der Waals surface area contributed by atoms with Crippen molar-refractivity contribution in [1.29, 1.82) is 0 Å². The highest BCUT2D eigenvalue weighted by molar-refractivity contribution is 7.89. The van der Waals surface area contributed by atoms with Crippen LogP contribution in [-0.2, 0) is 19.6 Å². The number of ether oxygens (including phenoxy) is 2. The van der Waals surface area contributed by atoms with Gasteiger partial charge in [0.25, 0.3) is 0 Å². The van der Waals surface area contributed by atoms with Gasteiger partial charge in [-0.15, -0.1) is 0 Å². The molecular formula is C16H24N2O5S. The van der Waals surface area contributed by atoms with Crippen molar-refractivity contribution in [2.75, 3.05) is 26.8 Å². The second-order valence-electron chi connectivity index (χ2n) is 5.85. The summed E-state index contributed by atoms with van der Waals surface area (Å²) in [5, 5.41) is 2.68. The second-order valence-corrected chi connectivity index (χ2v) is 7.59. The molecule has 0 radical (unpaired) electrons. The van der Waals surface area contributed by atoms with Crippen LogP contribution in [0.25, 0.3) is 0 Å². The van der Waals surface area contributed by atoms with E-state index in [1.165, 1.54) is 7.11 Å². The van der Waals surface area contributed by atoms with Gasteiger partial charge in [-0.1, -0.05) is 0 Å². The minimum atomic E-state index is -3.77. The third-order valence-corrected chi connectivity index (χ3v) is 5.50. The number of carbonyl (C=O) groups excluding carboxylic acids is 1. The van der Waals surface area contributed by atoms with E-state index in [1.54, 1.807) is 26.0 Å². The summed E-state index contributed by atoms with van der Waals surface area (Å²) < 4.78 is 37.7. The van der Waals surface area contributed by atoms with Gasteiger partial charge in [0.1, 0.15) is 5.75 Å². The van der Waals surface area contributed by atoms with Crippen LogP contribution in [0, 0.1) is 13.8 Å². The molecule has 0 aliphatic carbocycles. The number of carbonyl (C=O) groups is 1. The third-order valence-electron chi connectivity index (χ3n) is 3.96. The van der Waals surface area contributed by atoms with Crippen molar-refractivity contribution in [3.8, 4) is 5.75 Å². The molecule has 134 valence electrons. The van der Waals surface area contributed by atoms with E-state index in [1.807, 2.05) is 0 Å². The summed E-state index contributed by atoms with van der Waals surface area (Å²) in [6, 6.07) is 3.21. The third kappa shape index (κ3) is 4.68. The van der Waals surface area contributed by atoms with Crippen molar-refractivity contribution in [3.63, 3.8) is 0 Å². The van der Waals surface area contributed by atoms with Crippen molar-refractivity contribution in [2.45, 2.75) is 37.7 Å². The molecule has 1 aromatic carbocycles. The molecule has 1 fully saturated rings. The van der Waals surface area contributed by atoms with Gasteiger partial charge in [-0.25, -0.2) is 13.1 Å². The van der Waals surface area contributed by atoms with Gasteiger partial charge in [0.2, 0.25) is 15.9 Å². The van der Waals surface area contributed by atoms with Crippen molar-refractivity contribution in [3.05, 3.63) is 23.3 Å². The van der Waals surface area contributed by atoms with E-state index in [-0.39, 0.29) is 23.5 Å². The Bertz CT molecular complexity index is 697. The highest BCUT2D eigenvalue weighted by Crippen LogP contribution is 2.25. The fourth-order valence-corrected chi connectivity index (χ4v) is 3.90. The maximum absolute atomic E-state index is 12.4. The number of methoxy groups -OCH3 is 1. The summed E-state index contributed by atoms with van der Waals surface area (Å²) in [6.07, 6.45) is 1.93. The highest BCUT2D eigenvalue weighted by atomic mass is 32.2. The number of rotatable bonds is 7. The normalized spacial score (nSPS) is 17.7. The molecule has 0 aromatic heterocycles. The maximum Gasteiger partial charge on any atom is 0.241 e. The minimum Gasteiger partial charge on any atom is -0.496 e. The molecule has 1 aliphatic heterocycles. The Morgan fingerprint density at radius 2 is 2.08 bits per heavy atom. The van der Waals surface area contributed by atoms with Gasteiger partial charge in [-0.3, -0.25) is 4.79 Å². The molecule has 7 nitrogen and oxygen atoms in total. The fraction of sp³-hybridized carbons (Fsp3) is 0.562. The summed E-state index contributed by atoms with van der Waals surface area (Å²) >= 11 is 0. The topological polar surface area (TPSA) is 93.7 Å². The van der Waals surface area contributed by atoms with E-state index in [0.717, 1.165) is 12.8 Å². The first kappa shape index (κ1) is 18.7. The van der Waals surface area contributed by atoms with Crippen molar-refractivity contribution in [2.24, 2.45) is 0 Å². The van der Waals surface area contributed by atoms with Gasteiger partial charge < -0.3 is 14.8 Å². The predicted molar refractivity (Wildman–Crippen MR) is 89.6 cm³/mol. The number of benzene rings is 1. The molecule has 1 aromatic rings. The lowest BCUT2D eigenvalue weighted by Crippen LogP contribution is -2.40. The minimum absolute atomic E-state index is 0.0250. The standard InChI is InChI=1S/C16H24N2O5S/c1-11-8-15(12(2)7-14(11)22-3)24(20,21)18-10-16(19)17-9-13-5-4-6-23-13/h7-8,13,18H,4-6,9-10H2,1-3H3,(H,17,19). The first-order chi connectivity index (χ1) is 11.3. The molecule has 2 N–H and O–H groups in total. The number of sulfonamides is 1. The first-order valence-corrected chi connectivity index (χ1v) is 9.35. The summed E-state index contributed by atoms with van der Waals surface area (Å²) in [6.45, 7) is 4.27. The van der Waals surface area contributed by atoms with Crippen LogP contribution in [0.15, 0.2) is 17.0 Å². The number of hydrogen-bond acceptors (Lipinski definition) is 5. The van der Waals surface area contributed by atoms with Crippen molar-refractivity contribution < 1.29 is 22.7 Å². The van der Waals surface area contributed by atoms with Crippen LogP contribution in [0.2, 0.25) is 0 Å². The number of nitrogens with one attached hydrogen (secondary N) is 2. The van der Waals surface area contributed by atoms with E-state index < -0.39 is 10.0 Å². The predicted octanol–water partition coefficient (Wildman–Crippen LogP) is 0.886. The second kappa shape index (κ2) is 7.96. The molecule has 24 heavy (non-hydrogen) atoms. The smallest absolute Gasteiger partial charge is 0.241 e. The molecule has 8 heteroatoms. The van der Waals surface area contributed by atoms with Gasteiger partial charge in [0.05, 0.1) is 24.7 Å². The SMILES string of the molecule is COc1cc(C)c(S(=O)(=O)NCC(=O)NCC2CCCO2)cc1C. The Hall–Kier alpha value is -1.64. The van der Waals surface area contributed by atoms with E-state index in [2.05, 4.69) is 10.0 Å². The van der Waals surface area contributed by atoms with Gasteiger partial charge in [0, 0.05) is 13.2 Å². The van der Waals surface area contributed by atoms with Crippen molar-refractivity contribution in [1.82, 2.24) is 10.0 Å². The van der Waals surface area contributed by atoms with Crippen LogP contribution in [0.5, 0.6) is 5.75 Å². The van der Waals surface area contributed by atoms with Crippen LogP contribution >= 0.6 is 0 Å². The van der Waals surface area contributed by atoms with E-state index in [9.17, 15) is 13.2 Å². The lowest BCUT2D eigenvalue weighted by atomic mass is 10.1. The Labute approximate surface area is 142 Å². The summed E-state index contributed by atoms with van der Waals surface area (Å²) in [5.74, 6) is 0.248. The Morgan fingerprint density at radius 3 is 2.71 bits per heavy atom. The first-order valence-electron chi connectivity index (χ1n) is 7.86. The lowest BCUT2D eigenvalue weighted by Gasteiger charge is -2.14. The molecule has 0 saturated carbocycles. The maximum atomic E-state index is 12.4. The summed E-state index contributed by atoms with van der Waals surface area (Å²) in [5.41, 5.74) is 1.27. The van der Waals surface area contributed by atoms with Crippen LogP contribution < -0.4 is 14.8 Å². The largest absolute Gasteiger partial charge is 0.496 e. The number of amides is 1. The van der Waals surface area contributed by atoms with Crippen LogP contribution in [0.3, 0.4) is 0 Å². The van der Waals surface area contributed by atoms with Crippen LogP contribution in [-0.4, -0.2) is 47.2 Å². The zero-order chi connectivity index (χ0) is 17.7. The molecule has 2 rings (SSSR count). The zero-order valence-corrected chi connectivity index (χ0v) is 15.0. The molecule has 1 aliphatic rings. The van der Waals surface area contributed by atoms with E-state index in [4.69, 9.17) is 9.47 Å². The summed E-state index contributed by atoms with van der Waals surface area (Å²) in [4.78, 5) is 12.0. The van der Waals surface area contributed by atoms with Crippen molar-refractivity contribution >= 4 is 15.9 Å². The molecule has 0 spiro atoms. The molecule has 1 heterocycles. The Morgan fingerprint density at radius 1 is 1.33 bits per heavy atom. The fourth-order valence-electron chi connectivity index (χ4n) is 2.61. The van der Waals surface area contributed by atoms with Gasteiger partial charge in [0.15, 0.2) is 0 Å². The molecule has 1 unspecified atom stereocenters. The zero-order valence-electron chi connectivity index (χ0n) is 14.2. The molecule has 1 atom stereocenters. The molecular weight excluding hydrogens is 332 g/mol. The number of hydrogen-bond donors (Lipinski definition) is 2. The lowest BCUT2D eigenvalue weighted by molar-refractivity contribution is -0.120. The van der Waals surface area contributed by atoms with E-state index in [0.29, 0.717) is 30.0 Å². The molecule has 0 bridgehead atoms. The monoisotopic (exact) mass is 356 g/mol. The Balaban J connectivity index is 1.95. The molecule has 1 amide bonds. The van der Waals surface area contributed by atoms with Gasteiger partial charge in [-0.2, -0.15) is 0 Å². The molecule has 1 saturated heterocycles. The highest BCUT2D eigenvalue weighted by Gasteiger charge is 2.21. The average Bonchev–Trinajstić information content (AvgIpc) is 3.06. The van der Waals surface area contributed by atoms with Crippen LogP contribution in [0.4, 0.5) is 0 Å². The van der Waals surface area contributed by atoms with Crippen LogP contribution in [0.1, 0.15) is 24.0 Å². The summed E-state index contributed by atoms with van der Waals surface area (Å²) in [7, 11) is -2.23. The number of aryl methyl sites for hydroxylation is 2. The average molecular weight is 356 g/mol. The van der Waals surface area contributed by atoms with E-state index >= 15 is 0 Å². The Kier molecular flexibility index (Phi) is 6.20.